The molecule has 1 rings (SSSR count). The molecule has 0 bridgehead atoms. The number of amides is 1. The van der Waals surface area contributed by atoms with Crippen molar-refractivity contribution in [1.29, 1.82) is 0 Å². The molecular formula is C16H20FNO3. The maximum absolute atomic E-state index is 12.8. The van der Waals surface area contributed by atoms with Crippen molar-refractivity contribution in [2.45, 2.75) is 20.3 Å². The summed E-state index contributed by atoms with van der Waals surface area (Å²) in [4.78, 5) is 25.0. The van der Waals surface area contributed by atoms with Gasteiger partial charge in [0.15, 0.2) is 0 Å². The van der Waals surface area contributed by atoms with Crippen molar-refractivity contribution >= 4 is 18.0 Å². The quantitative estimate of drug-likeness (QED) is 0.573. The first-order valence-corrected chi connectivity index (χ1v) is 6.95. The van der Waals surface area contributed by atoms with E-state index in [2.05, 4.69) is 0 Å². The Bertz CT molecular complexity index is 497. The lowest BCUT2D eigenvalue weighted by Crippen LogP contribution is -2.36. The van der Waals surface area contributed by atoms with E-state index < -0.39 is 5.97 Å². The SMILES string of the molecule is CCCN(CC(=O)OCC)C(=O)/C=C/c1ccc(F)cc1. The predicted octanol–water partition coefficient (Wildman–Crippen LogP) is 2.64. The lowest BCUT2D eigenvalue weighted by atomic mass is 10.2. The van der Waals surface area contributed by atoms with Crippen LogP contribution in [-0.2, 0) is 14.3 Å². The van der Waals surface area contributed by atoms with Crippen LogP contribution in [0.3, 0.4) is 0 Å². The largest absolute Gasteiger partial charge is 0.465 e. The Kier molecular flexibility index (Phi) is 7.15. The number of halogens is 1. The molecule has 0 N–H and O–H groups in total. The maximum atomic E-state index is 12.8. The summed E-state index contributed by atoms with van der Waals surface area (Å²) in [5.41, 5.74) is 0.720. The third-order valence-electron chi connectivity index (χ3n) is 2.72. The van der Waals surface area contributed by atoms with E-state index >= 15 is 0 Å². The standard InChI is InChI=1S/C16H20FNO3/c1-3-11-18(12-16(20)21-4-2)15(19)10-7-13-5-8-14(17)9-6-13/h5-10H,3-4,11-12H2,1-2H3/b10-7+. The lowest BCUT2D eigenvalue weighted by molar-refractivity contribution is -0.147. The summed E-state index contributed by atoms with van der Waals surface area (Å²) in [5.74, 6) is -1.02. The van der Waals surface area contributed by atoms with Crippen molar-refractivity contribution in [1.82, 2.24) is 4.90 Å². The van der Waals surface area contributed by atoms with Gasteiger partial charge >= 0.3 is 5.97 Å². The highest BCUT2D eigenvalue weighted by molar-refractivity contribution is 5.93. The molecule has 21 heavy (non-hydrogen) atoms. The van der Waals surface area contributed by atoms with Crippen LogP contribution in [0.5, 0.6) is 0 Å². The van der Waals surface area contributed by atoms with E-state index in [0.717, 1.165) is 12.0 Å². The number of benzene rings is 1. The minimum absolute atomic E-state index is 0.0612. The van der Waals surface area contributed by atoms with E-state index in [-0.39, 0.29) is 18.3 Å². The monoisotopic (exact) mass is 293 g/mol. The topological polar surface area (TPSA) is 46.6 Å². The van der Waals surface area contributed by atoms with Gasteiger partial charge in [-0.1, -0.05) is 19.1 Å². The molecule has 0 spiro atoms. The van der Waals surface area contributed by atoms with Crippen LogP contribution in [0.2, 0.25) is 0 Å². The molecule has 1 aromatic rings. The van der Waals surface area contributed by atoms with Crippen molar-refractivity contribution in [3.05, 3.63) is 41.7 Å². The second-order valence-electron chi connectivity index (χ2n) is 4.45. The van der Waals surface area contributed by atoms with E-state index in [4.69, 9.17) is 4.74 Å². The fraction of sp³-hybridized carbons (Fsp3) is 0.375. The summed E-state index contributed by atoms with van der Waals surface area (Å²) < 4.78 is 17.6. The van der Waals surface area contributed by atoms with Gasteiger partial charge in [-0.3, -0.25) is 9.59 Å². The van der Waals surface area contributed by atoms with Crippen molar-refractivity contribution in [2.75, 3.05) is 19.7 Å². The molecule has 0 saturated carbocycles. The number of hydrogen-bond donors (Lipinski definition) is 0. The Morgan fingerprint density at radius 1 is 1.24 bits per heavy atom. The fourth-order valence-electron chi connectivity index (χ4n) is 1.75. The van der Waals surface area contributed by atoms with Gasteiger partial charge in [0.2, 0.25) is 5.91 Å². The van der Waals surface area contributed by atoms with Crippen molar-refractivity contribution < 1.29 is 18.7 Å². The summed E-state index contributed by atoms with van der Waals surface area (Å²) in [7, 11) is 0. The second kappa shape index (κ2) is 8.89. The van der Waals surface area contributed by atoms with Crippen LogP contribution in [0.4, 0.5) is 4.39 Å². The van der Waals surface area contributed by atoms with E-state index in [9.17, 15) is 14.0 Å². The Morgan fingerprint density at radius 3 is 2.48 bits per heavy atom. The van der Waals surface area contributed by atoms with Gasteiger partial charge in [0.25, 0.3) is 0 Å². The van der Waals surface area contributed by atoms with Gasteiger partial charge in [-0.15, -0.1) is 0 Å². The van der Waals surface area contributed by atoms with Crippen LogP contribution in [-0.4, -0.2) is 36.5 Å². The summed E-state index contributed by atoms with van der Waals surface area (Å²) in [6.07, 6.45) is 3.72. The van der Waals surface area contributed by atoms with Crippen molar-refractivity contribution in [2.24, 2.45) is 0 Å². The third-order valence-corrected chi connectivity index (χ3v) is 2.72. The number of carbonyl (C=O) groups is 2. The zero-order valence-electron chi connectivity index (χ0n) is 12.3. The fourth-order valence-corrected chi connectivity index (χ4v) is 1.75. The number of nitrogens with zero attached hydrogens (tertiary/aromatic N) is 1. The van der Waals surface area contributed by atoms with E-state index in [1.807, 2.05) is 6.92 Å². The molecule has 0 heterocycles. The number of rotatable bonds is 7. The number of carbonyl (C=O) groups excluding carboxylic acids is 2. The normalized spacial score (nSPS) is 10.6. The minimum atomic E-state index is -0.422. The van der Waals surface area contributed by atoms with Gasteiger partial charge in [-0.05, 0) is 37.1 Å². The predicted molar refractivity (Wildman–Crippen MR) is 78.9 cm³/mol. The molecule has 0 fully saturated rings. The van der Waals surface area contributed by atoms with Crippen LogP contribution in [0, 0.1) is 5.82 Å². The van der Waals surface area contributed by atoms with Gasteiger partial charge in [0.1, 0.15) is 12.4 Å². The zero-order valence-corrected chi connectivity index (χ0v) is 12.3. The van der Waals surface area contributed by atoms with E-state index in [1.165, 1.54) is 23.1 Å². The Balaban J connectivity index is 2.67. The first-order valence-electron chi connectivity index (χ1n) is 6.95. The molecule has 1 aromatic carbocycles. The van der Waals surface area contributed by atoms with Gasteiger partial charge in [-0.2, -0.15) is 0 Å². The molecule has 0 aliphatic rings. The zero-order chi connectivity index (χ0) is 15.7. The molecule has 114 valence electrons. The third kappa shape index (κ3) is 6.21. The highest BCUT2D eigenvalue weighted by Gasteiger charge is 2.14. The molecule has 0 aliphatic heterocycles. The highest BCUT2D eigenvalue weighted by atomic mass is 19.1. The van der Waals surface area contributed by atoms with Crippen molar-refractivity contribution in [3.8, 4) is 0 Å². The van der Waals surface area contributed by atoms with Crippen LogP contribution < -0.4 is 0 Å². The average molecular weight is 293 g/mol. The van der Waals surface area contributed by atoms with Gasteiger partial charge < -0.3 is 9.64 Å². The maximum Gasteiger partial charge on any atom is 0.325 e. The first kappa shape index (κ1) is 16.9. The van der Waals surface area contributed by atoms with E-state index in [1.54, 1.807) is 25.1 Å². The van der Waals surface area contributed by atoms with Crippen molar-refractivity contribution in [3.63, 3.8) is 0 Å². The van der Waals surface area contributed by atoms with Gasteiger partial charge in [-0.25, -0.2) is 4.39 Å². The van der Waals surface area contributed by atoms with Gasteiger partial charge in [0, 0.05) is 12.6 Å². The molecule has 4 nitrogen and oxygen atoms in total. The molecule has 0 saturated heterocycles. The van der Waals surface area contributed by atoms with Gasteiger partial charge in [0.05, 0.1) is 6.61 Å². The molecule has 1 amide bonds. The first-order chi connectivity index (χ1) is 10.1. The van der Waals surface area contributed by atoms with Crippen LogP contribution in [0.1, 0.15) is 25.8 Å². The summed E-state index contributed by atoms with van der Waals surface area (Å²) in [6.45, 7) is 4.35. The van der Waals surface area contributed by atoms with Crippen LogP contribution in [0.15, 0.2) is 30.3 Å². The van der Waals surface area contributed by atoms with E-state index in [0.29, 0.717) is 13.2 Å². The smallest absolute Gasteiger partial charge is 0.325 e. The summed E-state index contributed by atoms with van der Waals surface area (Å²) in [5, 5.41) is 0. The molecule has 0 aromatic heterocycles. The molecule has 5 heteroatoms. The molecule has 0 unspecified atom stereocenters. The minimum Gasteiger partial charge on any atom is -0.465 e. The summed E-state index contributed by atoms with van der Waals surface area (Å²) >= 11 is 0. The lowest BCUT2D eigenvalue weighted by Gasteiger charge is -2.19. The second-order valence-corrected chi connectivity index (χ2v) is 4.45. The Labute approximate surface area is 124 Å². The molecule has 0 aliphatic carbocycles. The molecular weight excluding hydrogens is 273 g/mol. The molecule has 0 radical (unpaired) electrons. The van der Waals surface area contributed by atoms with Crippen LogP contribution >= 0.6 is 0 Å². The molecule has 0 atom stereocenters. The number of esters is 1. The highest BCUT2D eigenvalue weighted by Crippen LogP contribution is 2.05. The number of ether oxygens (including phenoxy) is 1. The Hall–Kier alpha value is -2.17. The summed E-state index contributed by atoms with van der Waals surface area (Å²) in [6, 6.07) is 5.81. The average Bonchev–Trinajstić information content (AvgIpc) is 2.46. The Morgan fingerprint density at radius 2 is 1.90 bits per heavy atom. The van der Waals surface area contributed by atoms with Crippen LogP contribution in [0.25, 0.3) is 6.08 Å². The number of hydrogen-bond acceptors (Lipinski definition) is 3.